The Bertz CT molecular complexity index is 1270. The molecule has 0 saturated carbocycles. The van der Waals surface area contributed by atoms with Crippen LogP contribution in [0.3, 0.4) is 0 Å². The molecule has 1 atom stereocenters. The second kappa shape index (κ2) is 9.90. The number of carbonyl (C=O) groups excluding carboxylic acids is 2. The number of anilines is 2. The molecule has 0 spiro atoms. The third kappa shape index (κ3) is 5.08. The van der Waals surface area contributed by atoms with Crippen molar-refractivity contribution in [1.29, 1.82) is 5.26 Å². The predicted octanol–water partition coefficient (Wildman–Crippen LogP) is 5.54. The molecule has 0 aromatic heterocycles. The van der Waals surface area contributed by atoms with Crippen LogP contribution < -0.4 is 10.2 Å². The van der Waals surface area contributed by atoms with Gasteiger partial charge in [0.1, 0.15) is 22.5 Å². The summed E-state index contributed by atoms with van der Waals surface area (Å²) in [6.07, 6.45) is 0.325. The molecule has 1 aliphatic rings. The molecule has 2 amide bonds. The summed E-state index contributed by atoms with van der Waals surface area (Å²) >= 11 is 7.14. The monoisotopic (exact) mass is 477 g/mol. The lowest BCUT2D eigenvalue weighted by molar-refractivity contribution is -0.117. The van der Waals surface area contributed by atoms with E-state index in [1.54, 1.807) is 60.7 Å². The number of hydrogen-bond donors (Lipinski definition) is 1. The highest BCUT2D eigenvalue weighted by Gasteiger charge is 2.40. The Balaban J connectivity index is 1.71. The highest BCUT2D eigenvalue weighted by Crippen LogP contribution is 2.42. The number of nitrogens with one attached hydrogen (secondary N) is 1. The molecule has 4 rings (SSSR count). The minimum absolute atomic E-state index is 0.182. The molecule has 1 fully saturated rings. The van der Waals surface area contributed by atoms with Crippen molar-refractivity contribution < 1.29 is 14.0 Å². The van der Waals surface area contributed by atoms with Gasteiger partial charge in [0.05, 0.1) is 5.25 Å². The maximum atomic E-state index is 13.4. The van der Waals surface area contributed by atoms with Gasteiger partial charge in [-0.25, -0.2) is 4.39 Å². The second-order valence-electron chi connectivity index (χ2n) is 7.20. The first-order valence-electron chi connectivity index (χ1n) is 9.97. The van der Waals surface area contributed by atoms with Crippen molar-refractivity contribution in [2.75, 3.05) is 10.2 Å². The number of nitrogens with zero attached hydrogens (tertiary/aromatic N) is 2. The average molecular weight is 478 g/mol. The summed E-state index contributed by atoms with van der Waals surface area (Å²) in [5.74, 6) is -1.26. The van der Waals surface area contributed by atoms with E-state index < -0.39 is 11.2 Å². The Labute approximate surface area is 199 Å². The van der Waals surface area contributed by atoms with Gasteiger partial charge in [-0.3, -0.25) is 14.5 Å². The zero-order chi connectivity index (χ0) is 23.4. The van der Waals surface area contributed by atoms with E-state index in [0.29, 0.717) is 22.8 Å². The van der Waals surface area contributed by atoms with Crippen LogP contribution in [0.5, 0.6) is 0 Å². The molecule has 0 radical (unpaired) electrons. The maximum absolute atomic E-state index is 13.4. The Hall–Kier alpha value is -3.60. The van der Waals surface area contributed by atoms with Gasteiger partial charge >= 0.3 is 0 Å². The number of carbonyl (C=O) groups is 2. The third-order valence-electron chi connectivity index (χ3n) is 4.94. The van der Waals surface area contributed by atoms with E-state index in [9.17, 15) is 19.2 Å². The number of rotatable bonds is 5. The molecule has 0 unspecified atom stereocenters. The molecular weight excluding hydrogens is 461 g/mol. The van der Waals surface area contributed by atoms with E-state index >= 15 is 0 Å². The summed E-state index contributed by atoms with van der Waals surface area (Å²) in [6.45, 7) is 0. The van der Waals surface area contributed by atoms with Crippen molar-refractivity contribution in [1.82, 2.24) is 0 Å². The third-order valence-corrected chi connectivity index (χ3v) is 6.43. The van der Waals surface area contributed by atoms with Crippen LogP contribution >= 0.6 is 23.4 Å². The number of thioether (sulfide) groups is 1. The van der Waals surface area contributed by atoms with Crippen molar-refractivity contribution in [3.63, 3.8) is 0 Å². The van der Waals surface area contributed by atoms with Gasteiger partial charge in [-0.05, 0) is 54.4 Å². The lowest BCUT2D eigenvalue weighted by atomic mass is 10.1. The summed E-state index contributed by atoms with van der Waals surface area (Å²) in [5, 5.41) is 12.6. The van der Waals surface area contributed by atoms with Crippen LogP contribution in [-0.2, 0) is 16.0 Å². The molecule has 3 aromatic carbocycles. The zero-order valence-electron chi connectivity index (χ0n) is 17.2. The SMILES string of the molecule is N#C/C(C(=O)Nc1cccc(Cl)c1)=C1/S[C@H](Cc2ccc(F)cc2)C(=O)N1c1ccccc1. The Kier molecular flexibility index (Phi) is 6.78. The van der Waals surface area contributed by atoms with Gasteiger partial charge in [-0.2, -0.15) is 5.26 Å². The van der Waals surface area contributed by atoms with Crippen molar-refractivity contribution in [3.8, 4) is 6.07 Å². The molecule has 33 heavy (non-hydrogen) atoms. The van der Waals surface area contributed by atoms with Gasteiger partial charge in [-0.1, -0.05) is 59.8 Å². The topological polar surface area (TPSA) is 73.2 Å². The summed E-state index contributed by atoms with van der Waals surface area (Å²) in [7, 11) is 0. The quantitative estimate of drug-likeness (QED) is 0.386. The van der Waals surface area contributed by atoms with E-state index in [-0.39, 0.29) is 22.3 Å². The van der Waals surface area contributed by atoms with Crippen LogP contribution in [0.25, 0.3) is 0 Å². The lowest BCUT2D eigenvalue weighted by Crippen LogP contribution is -2.30. The number of benzene rings is 3. The van der Waals surface area contributed by atoms with Crippen LogP contribution in [0.4, 0.5) is 15.8 Å². The number of hydrogen-bond acceptors (Lipinski definition) is 4. The largest absolute Gasteiger partial charge is 0.321 e. The second-order valence-corrected chi connectivity index (χ2v) is 8.83. The van der Waals surface area contributed by atoms with Crippen molar-refractivity contribution in [3.05, 3.63) is 106 Å². The van der Waals surface area contributed by atoms with Gasteiger partial charge in [0.2, 0.25) is 5.91 Å². The van der Waals surface area contributed by atoms with Gasteiger partial charge < -0.3 is 5.32 Å². The lowest BCUT2D eigenvalue weighted by Gasteiger charge is -2.18. The van der Waals surface area contributed by atoms with Crippen molar-refractivity contribution in [2.24, 2.45) is 0 Å². The molecule has 0 bridgehead atoms. The van der Waals surface area contributed by atoms with E-state index in [0.717, 1.165) is 17.3 Å². The molecule has 5 nitrogen and oxygen atoms in total. The minimum Gasteiger partial charge on any atom is -0.321 e. The smallest absolute Gasteiger partial charge is 0.269 e. The number of nitriles is 1. The summed E-state index contributed by atoms with van der Waals surface area (Å²) in [5.41, 5.74) is 1.58. The average Bonchev–Trinajstić information content (AvgIpc) is 3.12. The molecule has 1 saturated heterocycles. The first-order valence-corrected chi connectivity index (χ1v) is 11.2. The number of amides is 2. The highest BCUT2D eigenvalue weighted by atomic mass is 35.5. The van der Waals surface area contributed by atoms with Gasteiger partial charge in [0.25, 0.3) is 5.91 Å². The summed E-state index contributed by atoms with van der Waals surface area (Å²) in [6, 6.07) is 23.3. The Morgan fingerprint density at radius 3 is 2.48 bits per heavy atom. The molecule has 0 aliphatic carbocycles. The molecule has 3 aromatic rings. The van der Waals surface area contributed by atoms with E-state index in [4.69, 9.17) is 11.6 Å². The fraction of sp³-hybridized carbons (Fsp3) is 0.0800. The van der Waals surface area contributed by atoms with Gasteiger partial charge in [0.15, 0.2) is 0 Å². The fourth-order valence-electron chi connectivity index (χ4n) is 3.39. The Morgan fingerprint density at radius 2 is 1.82 bits per heavy atom. The first kappa shape index (κ1) is 22.6. The highest BCUT2D eigenvalue weighted by molar-refractivity contribution is 8.05. The van der Waals surface area contributed by atoms with Gasteiger partial charge in [-0.15, -0.1) is 0 Å². The molecule has 1 N–H and O–H groups in total. The summed E-state index contributed by atoms with van der Waals surface area (Å²) < 4.78 is 13.3. The molecule has 164 valence electrons. The molecular formula is C25H17ClFN3O2S. The predicted molar refractivity (Wildman–Crippen MR) is 128 cm³/mol. The van der Waals surface area contributed by atoms with Crippen LogP contribution in [0.15, 0.2) is 89.5 Å². The van der Waals surface area contributed by atoms with Crippen LogP contribution in [0.1, 0.15) is 5.56 Å². The van der Waals surface area contributed by atoms with E-state index in [1.807, 2.05) is 12.1 Å². The summed E-state index contributed by atoms with van der Waals surface area (Å²) in [4.78, 5) is 27.8. The number of halogens is 2. The fourth-order valence-corrected chi connectivity index (χ4v) is 4.89. The zero-order valence-corrected chi connectivity index (χ0v) is 18.7. The molecule has 1 aliphatic heterocycles. The van der Waals surface area contributed by atoms with Crippen molar-refractivity contribution >= 4 is 46.6 Å². The normalized spacial score (nSPS) is 16.9. The van der Waals surface area contributed by atoms with Crippen LogP contribution in [0, 0.1) is 17.1 Å². The van der Waals surface area contributed by atoms with Gasteiger partial charge in [0, 0.05) is 16.4 Å². The molecule has 8 heteroatoms. The number of para-hydroxylation sites is 1. The minimum atomic E-state index is -0.640. The molecule has 1 heterocycles. The van der Waals surface area contributed by atoms with E-state index in [1.165, 1.54) is 17.0 Å². The van der Waals surface area contributed by atoms with Crippen molar-refractivity contribution in [2.45, 2.75) is 11.7 Å². The van der Waals surface area contributed by atoms with Crippen LogP contribution in [-0.4, -0.2) is 17.1 Å². The maximum Gasteiger partial charge on any atom is 0.269 e. The van der Waals surface area contributed by atoms with E-state index in [2.05, 4.69) is 5.32 Å². The first-order chi connectivity index (χ1) is 16.0. The van der Waals surface area contributed by atoms with Crippen LogP contribution in [0.2, 0.25) is 5.02 Å². The Morgan fingerprint density at radius 1 is 1.09 bits per heavy atom. The standard InChI is InChI=1S/C25H17ClFN3O2S/c26-17-5-4-6-19(14-17)29-23(31)21(15-28)25-30(20-7-2-1-3-8-20)24(32)22(33-25)13-16-9-11-18(27)12-10-16/h1-12,14,22H,13H2,(H,29,31)/b25-21-/t22-/m1/s1.